The van der Waals surface area contributed by atoms with Gasteiger partial charge in [0.25, 0.3) is 0 Å². The van der Waals surface area contributed by atoms with Gasteiger partial charge in [0.1, 0.15) is 5.60 Å². The van der Waals surface area contributed by atoms with Crippen LogP contribution >= 0.6 is 0 Å². The van der Waals surface area contributed by atoms with Gasteiger partial charge in [-0.05, 0) is 54.0 Å². The maximum Gasteiger partial charge on any atom is 0.407 e. The van der Waals surface area contributed by atoms with Gasteiger partial charge in [-0.3, -0.25) is 0 Å². The number of carbonyl (C=O) groups excluding carboxylic acids is 1. The van der Waals surface area contributed by atoms with Gasteiger partial charge < -0.3 is 20.1 Å². The van der Waals surface area contributed by atoms with E-state index in [4.69, 9.17) is 9.47 Å². The normalized spacial score (nSPS) is 23.1. The number of nitrogens with one attached hydrogen (secondary N) is 2. The van der Waals surface area contributed by atoms with Crippen LogP contribution in [-0.4, -0.2) is 43.0 Å². The van der Waals surface area contributed by atoms with Crippen molar-refractivity contribution in [2.45, 2.75) is 70.7 Å². The third-order valence-corrected chi connectivity index (χ3v) is 3.18. The highest BCUT2D eigenvalue weighted by molar-refractivity contribution is 5.68. The van der Waals surface area contributed by atoms with Gasteiger partial charge in [-0.1, -0.05) is 0 Å². The maximum atomic E-state index is 11.6. The van der Waals surface area contributed by atoms with Gasteiger partial charge in [0.05, 0.1) is 5.60 Å². The van der Waals surface area contributed by atoms with E-state index in [1.807, 2.05) is 20.8 Å². The van der Waals surface area contributed by atoms with Gasteiger partial charge >= 0.3 is 6.09 Å². The van der Waals surface area contributed by atoms with E-state index >= 15 is 0 Å². The summed E-state index contributed by atoms with van der Waals surface area (Å²) in [6.07, 6.45) is 1.57. The van der Waals surface area contributed by atoms with E-state index in [2.05, 4.69) is 24.5 Å². The number of carbonyl (C=O) groups is 1. The van der Waals surface area contributed by atoms with Crippen LogP contribution in [0.15, 0.2) is 0 Å². The van der Waals surface area contributed by atoms with Crippen molar-refractivity contribution >= 4 is 6.09 Å². The Morgan fingerprint density at radius 3 is 2.37 bits per heavy atom. The van der Waals surface area contributed by atoms with E-state index in [0.29, 0.717) is 6.04 Å². The Morgan fingerprint density at radius 2 is 1.84 bits per heavy atom. The van der Waals surface area contributed by atoms with Crippen LogP contribution < -0.4 is 10.6 Å². The standard InChI is InChI=1S/C14H28N2O3/c1-13(2,3)19-12(17)16-11-9-10(11)15-8-7-14(4,5)18-6/h10-11,15H,7-9H2,1-6H3,(H,16,17). The number of amides is 1. The Hall–Kier alpha value is -0.810. The Morgan fingerprint density at radius 1 is 1.21 bits per heavy atom. The highest BCUT2D eigenvalue weighted by Gasteiger charge is 2.39. The Bertz CT molecular complexity index is 310. The third-order valence-electron chi connectivity index (χ3n) is 3.18. The van der Waals surface area contributed by atoms with Gasteiger partial charge in [0.2, 0.25) is 0 Å². The lowest BCUT2D eigenvalue weighted by Crippen LogP contribution is -2.37. The van der Waals surface area contributed by atoms with Crippen LogP contribution in [0.2, 0.25) is 0 Å². The summed E-state index contributed by atoms with van der Waals surface area (Å²) in [6, 6.07) is 0.556. The van der Waals surface area contributed by atoms with Crippen molar-refractivity contribution in [2.75, 3.05) is 13.7 Å². The molecule has 2 atom stereocenters. The first-order valence-corrected chi connectivity index (χ1v) is 6.91. The van der Waals surface area contributed by atoms with E-state index in [-0.39, 0.29) is 17.7 Å². The van der Waals surface area contributed by atoms with Crippen LogP contribution in [0.5, 0.6) is 0 Å². The van der Waals surface area contributed by atoms with Gasteiger partial charge in [0.15, 0.2) is 0 Å². The number of rotatable bonds is 6. The smallest absolute Gasteiger partial charge is 0.407 e. The molecule has 112 valence electrons. The van der Waals surface area contributed by atoms with E-state index in [0.717, 1.165) is 19.4 Å². The largest absolute Gasteiger partial charge is 0.444 e. The van der Waals surface area contributed by atoms with Crippen molar-refractivity contribution in [3.63, 3.8) is 0 Å². The summed E-state index contributed by atoms with van der Waals surface area (Å²) in [7, 11) is 1.73. The van der Waals surface area contributed by atoms with Crippen LogP contribution in [-0.2, 0) is 9.47 Å². The molecule has 0 aliphatic heterocycles. The zero-order valence-corrected chi connectivity index (χ0v) is 13.0. The van der Waals surface area contributed by atoms with Crippen LogP contribution in [0.1, 0.15) is 47.5 Å². The molecule has 0 heterocycles. The lowest BCUT2D eigenvalue weighted by atomic mass is 10.1. The van der Waals surface area contributed by atoms with Gasteiger partial charge in [-0.25, -0.2) is 4.79 Å². The zero-order valence-electron chi connectivity index (χ0n) is 13.0. The van der Waals surface area contributed by atoms with E-state index in [1.54, 1.807) is 7.11 Å². The molecule has 0 aromatic carbocycles. The summed E-state index contributed by atoms with van der Waals surface area (Å²) in [4.78, 5) is 11.6. The molecule has 0 aromatic rings. The fraction of sp³-hybridized carbons (Fsp3) is 0.929. The quantitative estimate of drug-likeness (QED) is 0.777. The highest BCUT2D eigenvalue weighted by Crippen LogP contribution is 2.22. The summed E-state index contributed by atoms with van der Waals surface area (Å²) in [5.74, 6) is 0. The minimum atomic E-state index is -0.440. The third kappa shape index (κ3) is 6.78. The van der Waals surface area contributed by atoms with Crippen molar-refractivity contribution in [3.8, 4) is 0 Å². The number of hydrogen-bond donors (Lipinski definition) is 2. The molecule has 1 aliphatic carbocycles. The lowest BCUT2D eigenvalue weighted by molar-refractivity contribution is 0.0157. The molecule has 1 rings (SSSR count). The van der Waals surface area contributed by atoms with Crippen LogP contribution in [0.25, 0.3) is 0 Å². The van der Waals surface area contributed by atoms with Crippen LogP contribution in [0.4, 0.5) is 4.79 Å². The summed E-state index contributed by atoms with van der Waals surface area (Å²) >= 11 is 0. The summed E-state index contributed by atoms with van der Waals surface area (Å²) in [6.45, 7) is 10.6. The van der Waals surface area contributed by atoms with Gasteiger partial charge in [0, 0.05) is 19.2 Å². The molecule has 5 heteroatoms. The summed E-state index contributed by atoms with van der Waals surface area (Å²) in [5.41, 5.74) is -0.541. The molecule has 1 fully saturated rings. The van der Waals surface area contributed by atoms with Crippen molar-refractivity contribution in [1.29, 1.82) is 0 Å². The average Bonchev–Trinajstić information content (AvgIpc) is 2.93. The van der Waals surface area contributed by atoms with E-state index < -0.39 is 5.60 Å². The van der Waals surface area contributed by atoms with Crippen molar-refractivity contribution in [1.82, 2.24) is 10.6 Å². The molecule has 0 aromatic heterocycles. The molecule has 0 saturated heterocycles. The fourth-order valence-corrected chi connectivity index (χ4v) is 1.70. The number of methoxy groups -OCH3 is 1. The molecular weight excluding hydrogens is 244 g/mol. The number of ether oxygens (including phenoxy) is 2. The highest BCUT2D eigenvalue weighted by atomic mass is 16.6. The summed E-state index contributed by atoms with van der Waals surface area (Å²) in [5, 5.41) is 6.28. The molecule has 5 nitrogen and oxygen atoms in total. The van der Waals surface area contributed by atoms with E-state index in [1.165, 1.54) is 0 Å². The average molecular weight is 272 g/mol. The first-order chi connectivity index (χ1) is 8.63. The van der Waals surface area contributed by atoms with Crippen LogP contribution in [0.3, 0.4) is 0 Å². The molecule has 1 amide bonds. The first kappa shape index (κ1) is 16.2. The zero-order chi connectivity index (χ0) is 14.7. The molecule has 0 spiro atoms. The molecule has 1 saturated carbocycles. The Kier molecular flexibility index (Phi) is 5.21. The first-order valence-electron chi connectivity index (χ1n) is 6.91. The molecule has 0 radical (unpaired) electrons. The fourth-order valence-electron chi connectivity index (χ4n) is 1.70. The molecule has 2 unspecified atom stereocenters. The minimum absolute atomic E-state index is 0.101. The topological polar surface area (TPSA) is 59.6 Å². The van der Waals surface area contributed by atoms with E-state index in [9.17, 15) is 4.79 Å². The molecule has 0 bridgehead atoms. The lowest BCUT2D eigenvalue weighted by Gasteiger charge is -2.23. The summed E-state index contributed by atoms with van der Waals surface area (Å²) < 4.78 is 10.6. The van der Waals surface area contributed by atoms with Crippen LogP contribution in [0, 0.1) is 0 Å². The molecular formula is C14H28N2O3. The maximum absolute atomic E-state index is 11.6. The molecule has 19 heavy (non-hydrogen) atoms. The Balaban J connectivity index is 2.13. The number of hydrogen-bond acceptors (Lipinski definition) is 4. The van der Waals surface area contributed by atoms with Crippen molar-refractivity contribution in [2.24, 2.45) is 0 Å². The minimum Gasteiger partial charge on any atom is -0.444 e. The monoisotopic (exact) mass is 272 g/mol. The van der Waals surface area contributed by atoms with Crippen molar-refractivity contribution in [3.05, 3.63) is 0 Å². The van der Waals surface area contributed by atoms with Crippen molar-refractivity contribution < 1.29 is 14.3 Å². The molecule has 1 aliphatic rings. The second kappa shape index (κ2) is 6.09. The Labute approximate surface area is 116 Å². The predicted octanol–water partition coefficient (Wildman–Crippen LogP) is 2.06. The molecule has 2 N–H and O–H groups in total. The van der Waals surface area contributed by atoms with Gasteiger partial charge in [-0.2, -0.15) is 0 Å². The van der Waals surface area contributed by atoms with Gasteiger partial charge in [-0.15, -0.1) is 0 Å². The SMILES string of the molecule is COC(C)(C)CCNC1CC1NC(=O)OC(C)(C)C. The second-order valence-electron chi connectivity index (χ2n) is 6.76. The number of alkyl carbamates (subject to hydrolysis) is 1. The second-order valence-corrected chi connectivity index (χ2v) is 6.76. The predicted molar refractivity (Wildman–Crippen MR) is 75.3 cm³/mol.